The number of rotatable bonds is 5. The molecule has 4 heteroatoms. The number of Topliss-reactive ketones (excluding diaryl/α,β-unsaturated/α-hetero) is 1. The molecule has 0 aromatic heterocycles. The predicted molar refractivity (Wildman–Crippen MR) is 103 cm³/mol. The number of ketones is 1. The molecule has 0 aliphatic carbocycles. The van der Waals surface area contributed by atoms with Gasteiger partial charge in [-0.25, -0.2) is 0 Å². The first-order chi connectivity index (χ1) is 13.3. The molecule has 0 N–H and O–H groups in total. The van der Waals surface area contributed by atoms with Gasteiger partial charge in [-0.3, -0.25) is 4.79 Å². The fraction of sp³-hybridized carbons (Fsp3) is 0.174. The van der Waals surface area contributed by atoms with Crippen molar-refractivity contribution in [3.8, 4) is 17.2 Å². The summed E-state index contributed by atoms with van der Waals surface area (Å²) in [4.78, 5) is 13.0. The van der Waals surface area contributed by atoms with Crippen LogP contribution < -0.4 is 14.2 Å². The molecule has 0 amide bonds. The molecule has 0 bridgehead atoms. The molecule has 3 aromatic carbocycles. The van der Waals surface area contributed by atoms with Crippen LogP contribution in [-0.2, 0) is 6.61 Å². The molecule has 0 spiro atoms. The van der Waals surface area contributed by atoms with Crippen LogP contribution in [0.5, 0.6) is 17.2 Å². The van der Waals surface area contributed by atoms with Crippen LogP contribution in [0.25, 0.3) is 0 Å². The first-order valence-corrected chi connectivity index (χ1v) is 8.99. The van der Waals surface area contributed by atoms with Crippen molar-refractivity contribution in [1.82, 2.24) is 0 Å². The molecule has 1 atom stereocenters. The molecule has 1 heterocycles. The highest BCUT2D eigenvalue weighted by Crippen LogP contribution is 2.30. The fourth-order valence-electron chi connectivity index (χ4n) is 3.01. The van der Waals surface area contributed by atoms with Gasteiger partial charge in [0.15, 0.2) is 6.10 Å². The maximum Gasteiger partial charge on any atom is 0.207 e. The third kappa shape index (κ3) is 4.11. The van der Waals surface area contributed by atoms with Gasteiger partial charge in [-0.15, -0.1) is 0 Å². The number of hydrogen-bond donors (Lipinski definition) is 0. The number of benzene rings is 3. The Morgan fingerprint density at radius 3 is 2.41 bits per heavy atom. The molecule has 1 aliphatic heterocycles. The van der Waals surface area contributed by atoms with Gasteiger partial charge in [-0.05, 0) is 35.9 Å². The summed E-state index contributed by atoms with van der Waals surface area (Å²) in [6, 6.07) is 24.6. The summed E-state index contributed by atoms with van der Waals surface area (Å²) in [5.74, 6) is 1.80. The monoisotopic (exact) mass is 360 g/mol. The zero-order valence-corrected chi connectivity index (χ0v) is 14.8. The molecule has 0 fully saturated rings. The van der Waals surface area contributed by atoms with Crippen molar-refractivity contribution in [2.75, 3.05) is 6.61 Å². The second-order valence-electron chi connectivity index (χ2n) is 6.35. The van der Waals surface area contributed by atoms with E-state index >= 15 is 0 Å². The average molecular weight is 360 g/mol. The minimum atomic E-state index is -0.571. The van der Waals surface area contributed by atoms with Crippen molar-refractivity contribution < 1.29 is 19.0 Å². The number of hydrogen-bond acceptors (Lipinski definition) is 4. The quantitative estimate of drug-likeness (QED) is 0.663. The second kappa shape index (κ2) is 7.96. The van der Waals surface area contributed by atoms with Crippen LogP contribution in [0, 0.1) is 0 Å². The van der Waals surface area contributed by atoms with Gasteiger partial charge < -0.3 is 14.2 Å². The van der Waals surface area contributed by atoms with Crippen molar-refractivity contribution >= 4 is 5.78 Å². The van der Waals surface area contributed by atoms with E-state index in [1.807, 2.05) is 66.7 Å². The number of fused-ring (bicyclic) bond motifs is 1. The van der Waals surface area contributed by atoms with E-state index in [-0.39, 0.29) is 5.78 Å². The van der Waals surface area contributed by atoms with Crippen LogP contribution >= 0.6 is 0 Å². The van der Waals surface area contributed by atoms with Crippen LogP contribution in [-0.4, -0.2) is 18.5 Å². The SMILES string of the molecule is O=C1c2cc(OCc3ccccc3)ccc2OCCC1Oc1ccccc1. The average Bonchev–Trinajstić information content (AvgIpc) is 2.87. The maximum absolute atomic E-state index is 13.0. The van der Waals surface area contributed by atoms with Gasteiger partial charge in [-0.1, -0.05) is 48.5 Å². The number of para-hydroxylation sites is 1. The van der Waals surface area contributed by atoms with Crippen LogP contribution in [0.4, 0.5) is 0 Å². The molecule has 3 aromatic rings. The normalized spacial score (nSPS) is 16.0. The molecule has 0 saturated heterocycles. The Morgan fingerprint density at radius 2 is 1.63 bits per heavy atom. The molecule has 4 nitrogen and oxygen atoms in total. The lowest BCUT2D eigenvalue weighted by molar-refractivity contribution is 0.0775. The third-order valence-electron chi connectivity index (χ3n) is 4.42. The Kier molecular flexibility index (Phi) is 5.06. The molecule has 0 radical (unpaired) electrons. The van der Waals surface area contributed by atoms with E-state index in [1.54, 1.807) is 12.1 Å². The molecular weight excluding hydrogens is 340 g/mol. The largest absolute Gasteiger partial charge is 0.493 e. The van der Waals surface area contributed by atoms with Gasteiger partial charge in [0.1, 0.15) is 23.9 Å². The van der Waals surface area contributed by atoms with E-state index < -0.39 is 6.10 Å². The zero-order chi connectivity index (χ0) is 18.5. The van der Waals surface area contributed by atoms with E-state index in [0.717, 1.165) is 5.56 Å². The highest BCUT2D eigenvalue weighted by molar-refractivity contribution is 6.02. The lowest BCUT2D eigenvalue weighted by atomic mass is 10.0. The Morgan fingerprint density at radius 1 is 0.889 bits per heavy atom. The molecule has 1 aliphatic rings. The first kappa shape index (κ1) is 17.2. The highest BCUT2D eigenvalue weighted by atomic mass is 16.5. The number of carbonyl (C=O) groups excluding carboxylic acids is 1. The summed E-state index contributed by atoms with van der Waals surface area (Å²) in [6.45, 7) is 0.874. The molecule has 136 valence electrons. The van der Waals surface area contributed by atoms with E-state index in [4.69, 9.17) is 14.2 Å². The van der Waals surface area contributed by atoms with Crippen molar-refractivity contribution in [3.63, 3.8) is 0 Å². The molecule has 0 saturated carbocycles. The molecule has 1 unspecified atom stereocenters. The zero-order valence-electron chi connectivity index (χ0n) is 14.8. The van der Waals surface area contributed by atoms with Crippen molar-refractivity contribution in [3.05, 3.63) is 90.0 Å². The summed E-state index contributed by atoms with van der Waals surface area (Å²) < 4.78 is 17.5. The van der Waals surface area contributed by atoms with E-state index in [9.17, 15) is 4.79 Å². The Bertz CT molecular complexity index is 906. The first-order valence-electron chi connectivity index (χ1n) is 8.99. The summed E-state index contributed by atoms with van der Waals surface area (Å²) in [5.41, 5.74) is 1.57. The van der Waals surface area contributed by atoms with Gasteiger partial charge >= 0.3 is 0 Å². The lowest BCUT2D eigenvalue weighted by Gasteiger charge is -2.15. The lowest BCUT2D eigenvalue weighted by Crippen LogP contribution is -2.27. The van der Waals surface area contributed by atoms with Crippen LogP contribution in [0.2, 0.25) is 0 Å². The van der Waals surface area contributed by atoms with E-state index in [2.05, 4.69) is 0 Å². The minimum Gasteiger partial charge on any atom is -0.493 e. The van der Waals surface area contributed by atoms with Gasteiger partial charge in [0.05, 0.1) is 12.2 Å². The molecular formula is C23H20O4. The summed E-state index contributed by atoms with van der Waals surface area (Å²) in [6.07, 6.45) is -0.0687. The summed E-state index contributed by atoms with van der Waals surface area (Å²) in [5, 5.41) is 0. The van der Waals surface area contributed by atoms with Crippen molar-refractivity contribution in [1.29, 1.82) is 0 Å². The van der Waals surface area contributed by atoms with E-state index in [1.165, 1.54) is 0 Å². The van der Waals surface area contributed by atoms with Crippen LogP contribution in [0.15, 0.2) is 78.9 Å². The van der Waals surface area contributed by atoms with Crippen LogP contribution in [0.1, 0.15) is 22.3 Å². The summed E-state index contributed by atoms with van der Waals surface area (Å²) >= 11 is 0. The van der Waals surface area contributed by atoms with Crippen LogP contribution in [0.3, 0.4) is 0 Å². The number of ether oxygens (including phenoxy) is 3. The van der Waals surface area contributed by atoms with Gasteiger partial charge in [-0.2, -0.15) is 0 Å². The Labute approximate surface area is 158 Å². The second-order valence-corrected chi connectivity index (χ2v) is 6.35. The van der Waals surface area contributed by atoms with Gasteiger partial charge in [0.2, 0.25) is 5.78 Å². The maximum atomic E-state index is 13.0. The molecule has 27 heavy (non-hydrogen) atoms. The standard InChI is InChI=1S/C23H20O4/c24-23-20-15-19(26-16-17-7-3-1-4-8-17)11-12-21(20)25-14-13-22(23)27-18-9-5-2-6-10-18/h1-12,15,22H,13-14,16H2. The van der Waals surface area contributed by atoms with Gasteiger partial charge in [0.25, 0.3) is 0 Å². The van der Waals surface area contributed by atoms with Gasteiger partial charge in [0, 0.05) is 6.42 Å². The highest BCUT2D eigenvalue weighted by Gasteiger charge is 2.28. The topological polar surface area (TPSA) is 44.8 Å². The minimum absolute atomic E-state index is 0.0866. The van der Waals surface area contributed by atoms with E-state index in [0.29, 0.717) is 42.4 Å². The summed E-state index contributed by atoms with van der Waals surface area (Å²) in [7, 11) is 0. The molecule has 4 rings (SSSR count). The fourth-order valence-corrected chi connectivity index (χ4v) is 3.01. The predicted octanol–water partition coefficient (Wildman–Crippen LogP) is 4.68. The van der Waals surface area contributed by atoms with Crippen molar-refractivity contribution in [2.24, 2.45) is 0 Å². The Balaban J connectivity index is 1.52. The third-order valence-corrected chi connectivity index (χ3v) is 4.42. The number of carbonyl (C=O) groups is 1. The smallest absolute Gasteiger partial charge is 0.207 e. The Hall–Kier alpha value is -3.27. The van der Waals surface area contributed by atoms with Crippen molar-refractivity contribution in [2.45, 2.75) is 19.1 Å².